The van der Waals surface area contributed by atoms with Gasteiger partial charge in [0.25, 0.3) is 11.2 Å². The zero-order valence-corrected chi connectivity index (χ0v) is 8.45. The second-order valence-electron chi connectivity index (χ2n) is 3.39. The minimum Gasteiger partial charge on any atom is -0.258 e. The van der Waals surface area contributed by atoms with Gasteiger partial charge in [-0.1, -0.05) is 5.21 Å². The highest BCUT2D eigenvalue weighted by molar-refractivity contribution is 5.78. The maximum absolute atomic E-state index is 12.7. The number of aryl methyl sites for hydroxylation is 1. The van der Waals surface area contributed by atoms with Crippen LogP contribution in [0, 0.1) is 10.1 Å². The van der Waals surface area contributed by atoms with E-state index in [2.05, 4.69) is 10.3 Å². The lowest BCUT2D eigenvalue weighted by Gasteiger charge is -2.05. The van der Waals surface area contributed by atoms with Gasteiger partial charge < -0.3 is 0 Å². The summed E-state index contributed by atoms with van der Waals surface area (Å²) < 4.78 is 39.3. The molecule has 2 aromatic rings. The molecular weight excluding hydrogens is 241 g/mol. The van der Waals surface area contributed by atoms with Crippen LogP contribution in [0.3, 0.4) is 0 Å². The molecule has 0 aliphatic heterocycles. The van der Waals surface area contributed by atoms with Crippen LogP contribution in [0.2, 0.25) is 0 Å². The van der Waals surface area contributed by atoms with Crippen molar-refractivity contribution >= 4 is 16.7 Å². The normalized spacial score (nSPS) is 12.0. The van der Waals surface area contributed by atoms with Gasteiger partial charge in [0, 0.05) is 11.2 Å². The zero-order valence-electron chi connectivity index (χ0n) is 8.45. The first-order valence-corrected chi connectivity index (χ1v) is 4.40. The van der Waals surface area contributed by atoms with E-state index >= 15 is 0 Å². The third-order valence-corrected chi connectivity index (χ3v) is 2.25. The molecule has 0 amide bonds. The van der Waals surface area contributed by atoms with Gasteiger partial charge >= 0.3 is 6.18 Å². The number of aromatic nitrogens is 3. The molecule has 17 heavy (non-hydrogen) atoms. The molecule has 0 aliphatic rings. The van der Waals surface area contributed by atoms with E-state index < -0.39 is 22.4 Å². The molecule has 9 heteroatoms. The summed E-state index contributed by atoms with van der Waals surface area (Å²) in [5.41, 5.74) is -2.05. The van der Waals surface area contributed by atoms with Crippen molar-refractivity contribution in [1.82, 2.24) is 10.3 Å². The molecule has 90 valence electrons. The first kappa shape index (κ1) is 11.3. The number of aromatic amines is 1. The van der Waals surface area contributed by atoms with Crippen molar-refractivity contribution in [2.75, 3.05) is 0 Å². The summed E-state index contributed by atoms with van der Waals surface area (Å²) in [6, 6.07) is 1.49. The number of halogens is 3. The maximum atomic E-state index is 12.7. The number of nitrogens with one attached hydrogen (secondary N) is 1. The highest BCUT2D eigenvalue weighted by atomic mass is 19.4. The van der Waals surface area contributed by atoms with Gasteiger partial charge in [0.2, 0.25) is 5.52 Å². The number of non-ortho nitro benzene ring substituents is 1. The maximum Gasteiger partial charge on any atom is 0.420 e. The number of nitro groups is 1. The number of benzene rings is 1. The SMILES string of the molecule is C[n+]1[nH]nc2cc([N+](=O)[O-])cc(C(F)(F)F)c21. The second-order valence-corrected chi connectivity index (χ2v) is 3.39. The van der Waals surface area contributed by atoms with Crippen molar-refractivity contribution in [2.45, 2.75) is 6.18 Å². The van der Waals surface area contributed by atoms with E-state index in [4.69, 9.17) is 0 Å². The van der Waals surface area contributed by atoms with Crippen LogP contribution in [0.1, 0.15) is 5.56 Å². The number of hydrogen-bond acceptors (Lipinski definition) is 3. The highest BCUT2D eigenvalue weighted by Gasteiger charge is 2.39. The molecule has 0 fully saturated rings. The summed E-state index contributed by atoms with van der Waals surface area (Å²) >= 11 is 0. The molecule has 6 nitrogen and oxygen atoms in total. The predicted octanol–water partition coefficient (Wildman–Crippen LogP) is 1.31. The molecule has 2 rings (SSSR count). The third kappa shape index (κ3) is 1.79. The van der Waals surface area contributed by atoms with E-state index in [1.807, 2.05) is 0 Å². The molecule has 0 aliphatic carbocycles. The summed E-state index contributed by atoms with van der Waals surface area (Å²) in [5.74, 6) is 0. The van der Waals surface area contributed by atoms with Crippen LogP contribution in [0.15, 0.2) is 12.1 Å². The minimum absolute atomic E-state index is 0.103. The summed E-state index contributed by atoms with van der Waals surface area (Å²) in [5, 5.41) is 16.4. The molecule has 0 spiro atoms. The smallest absolute Gasteiger partial charge is 0.258 e. The Morgan fingerprint density at radius 1 is 1.47 bits per heavy atom. The van der Waals surface area contributed by atoms with E-state index in [9.17, 15) is 23.3 Å². The molecule has 1 aromatic heterocycles. The van der Waals surface area contributed by atoms with Crippen molar-refractivity contribution in [3.8, 4) is 0 Å². The number of rotatable bonds is 1. The van der Waals surface area contributed by atoms with Crippen molar-refractivity contribution in [2.24, 2.45) is 7.05 Å². The number of fused-ring (bicyclic) bond motifs is 1. The zero-order chi connectivity index (χ0) is 12.8. The fourth-order valence-electron chi connectivity index (χ4n) is 1.54. The van der Waals surface area contributed by atoms with Gasteiger partial charge in [-0.15, -0.1) is 0 Å². The number of H-pyrrole nitrogens is 1. The number of alkyl halides is 3. The molecule has 0 saturated carbocycles. The fraction of sp³-hybridized carbons (Fsp3) is 0.250. The van der Waals surface area contributed by atoms with E-state index in [1.54, 1.807) is 0 Å². The van der Waals surface area contributed by atoms with Crippen LogP contribution >= 0.6 is 0 Å². The number of nitro benzene ring substituents is 1. The lowest BCUT2D eigenvalue weighted by molar-refractivity contribution is -0.707. The van der Waals surface area contributed by atoms with Gasteiger partial charge in [-0.05, 0) is 0 Å². The number of hydrogen-bond donors (Lipinski definition) is 1. The van der Waals surface area contributed by atoms with Crippen LogP contribution < -0.4 is 4.68 Å². The van der Waals surface area contributed by atoms with E-state index in [1.165, 1.54) is 7.05 Å². The van der Waals surface area contributed by atoms with Crippen molar-refractivity contribution in [3.05, 3.63) is 27.8 Å². The summed E-state index contributed by atoms with van der Waals surface area (Å²) in [6.45, 7) is 0. The van der Waals surface area contributed by atoms with Crippen LogP contribution in [-0.2, 0) is 13.2 Å². The largest absolute Gasteiger partial charge is 0.420 e. The minimum atomic E-state index is -4.67. The Balaban J connectivity index is 2.86. The van der Waals surface area contributed by atoms with Crippen LogP contribution in [0.5, 0.6) is 0 Å². The van der Waals surface area contributed by atoms with Gasteiger partial charge in [0.1, 0.15) is 12.6 Å². The average Bonchev–Trinajstić information content (AvgIpc) is 2.58. The average molecular weight is 247 g/mol. The predicted molar refractivity (Wildman–Crippen MR) is 48.9 cm³/mol. The molecule has 0 unspecified atom stereocenters. The van der Waals surface area contributed by atoms with E-state index in [0.29, 0.717) is 6.07 Å². The number of nitrogens with zero attached hydrogens (tertiary/aromatic N) is 3. The van der Waals surface area contributed by atoms with Gasteiger partial charge in [-0.25, -0.2) is 0 Å². The standard InChI is InChI=1S/C8H5F3N4O2/c1-14-7-5(8(9,10)11)2-4(15(16)17)3-6(7)12-13-14/h2-3H,1H3/p+1. The summed E-state index contributed by atoms with van der Waals surface area (Å²) in [7, 11) is 1.34. The van der Waals surface area contributed by atoms with E-state index in [-0.39, 0.29) is 11.0 Å². The Hall–Kier alpha value is -2.19. The third-order valence-electron chi connectivity index (χ3n) is 2.25. The topological polar surface area (TPSA) is 75.7 Å². The molecule has 0 radical (unpaired) electrons. The first-order valence-electron chi connectivity index (χ1n) is 4.40. The quantitative estimate of drug-likeness (QED) is 0.469. The highest BCUT2D eigenvalue weighted by Crippen LogP contribution is 2.35. The van der Waals surface area contributed by atoms with Gasteiger partial charge in [-0.3, -0.25) is 10.1 Å². The Morgan fingerprint density at radius 3 is 2.65 bits per heavy atom. The Kier molecular flexibility index (Phi) is 2.26. The van der Waals surface area contributed by atoms with Crippen LogP contribution in [0.4, 0.5) is 18.9 Å². The summed E-state index contributed by atoms with van der Waals surface area (Å²) in [4.78, 5) is 9.64. The van der Waals surface area contributed by atoms with E-state index in [0.717, 1.165) is 10.7 Å². The molecule has 1 aromatic carbocycles. The lowest BCUT2D eigenvalue weighted by Crippen LogP contribution is -2.32. The van der Waals surface area contributed by atoms with Crippen LogP contribution in [0.25, 0.3) is 11.0 Å². The van der Waals surface area contributed by atoms with Crippen molar-refractivity contribution in [3.63, 3.8) is 0 Å². The Bertz CT molecular complexity index is 605. The van der Waals surface area contributed by atoms with Gasteiger partial charge in [0.05, 0.1) is 11.0 Å². The van der Waals surface area contributed by atoms with Crippen molar-refractivity contribution < 1.29 is 22.8 Å². The molecular formula is C8H6F3N4O2+. The monoisotopic (exact) mass is 247 g/mol. The molecule has 0 bridgehead atoms. The Morgan fingerprint density at radius 2 is 2.12 bits per heavy atom. The van der Waals surface area contributed by atoms with Crippen LogP contribution in [-0.4, -0.2) is 15.2 Å². The molecule has 1 N–H and O–H groups in total. The van der Waals surface area contributed by atoms with Crippen molar-refractivity contribution in [1.29, 1.82) is 0 Å². The molecule has 0 atom stereocenters. The lowest BCUT2D eigenvalue weighted by atomic mass is 10.1. The molecule has 0 saturated heterocycles. The fourth-order valence-corrected chi connectivity index (χ4v) is 1.54. The summed E-state index contributed by atoms with van der Waals surface area (Å²) in [6.07, 6.45) is -4.67. The second kappa shape index (κ2) is 3.40. The molecule has 1 heterocycles. The first-order chi connectivity index (χ1) is 7.80. The van der Waals surface area contributed by atoms with Gasteiger partial charge in [0.15, 0.2) is 0 Å². The Labute approximate surface area is 91.8 Å². The van der Waals surface area contributed by atoms with Gasteiger partial charge in [-0.2, -0.15) is 17.9 Å².